The summed E-state index contributed by atoms with van der Waals surface area (Å²) in [6.45, 7) is 13.6. The van der Waals surface area contributed by atoms with Gasteiger partial charge in [0.2, 0.25) is 0 Å². The van der Waals surface area contributed by atoms with E-state index in [0.29, 0.717) is 0 Å². The van der Waals surface area contributed by atoms with Gasteiger partial charge < -0.3 is 0 Å². The van der Waals surface area contributed by atoms with Crippen LogP contribution in [0.5, 0.6) is 0 Å². The summed E-state index contributed by atoms with van der Waals surface area (Å²) in [4.78, 5) is 0. The minimum absolute atomic E-state index is 0. The second-order valence-corrected chi connectivity index (χ2v) is 15.6. The fraction of sp³-hybridized carbons (Fsp3) is 0.233. The van der Waals surface area contributed by atoms with Crippen molar-refractivity contribution in [2.75, 3.05) is 0 Å². The van der Waals surface area contributed by atoms with Gasteiger partial charge in [-0.15, -0.1) is 47.6 Å². The van der Waals surface area contributed by atoms with Gasteiger partial charge in [-0.2, -0.15) is 52.8 Å². The number of hydrogen-bond acceptors (Lipinski definition) is 1. The molecule has 0 atom stereocenters. The summed E-state index contributed by atoms with van der Waals surface area (Å²) in [7, 11) is 0. The number of allylic oxidation sites excluding steroid dienone is 4. The average Bonchev–Trinajstić information content (AvgIpc) is 3.82. The Labute approximate surface area is 314 Å². The van der Waals surface area contributed by atoms with Gasteiger partial charge in [0.25, 0.3) is 0 Å². The SMILES string of the molecule is CC(C)(C)c1[c-]c2c(cc1)-c1ccc(C(C)(C)C)cc1C2.Cl.Cl.[C-]1=C(c2ccsc2)C=CC1.[Zr+2]=[C](c1ccccc1)c1ccccc1. The van der Waals surface area contributed by atoms with Crippen molar-refractivity contribution < 1.29 is 24.2 Å². The molecule has 2 aliphatic rings. The quantitative estimate of drug-likeness (QED) is 0.158. The summed E-state index contributed by atoms with van der Waals surface area (Å²) in [6, 6.07) is 38.4. The van der Waals surface area contributed by atoms with Gasteiger partial charge in [0.15, 0.2) is 0 Å². The molecule has 47 heavy (non-hydrogen) atoms. The zero-order valence-electron chi connectivity index (χ0n) is 28.2. The Bertz CT molecular complexity index is 1700. The number of thiophene rings is 1. The molecule has 0 unspecified atom stereocenters. The first-order chi connectivity index (χ1) is 21.5. The summed E-state index contributed by atoms with van der Waals surface area (Å²) in [5, 5.41) is 4.24. The molecule has 0 amide bonds. The Balaban J connectivity index is 0.000000200. The summed E-state index contributed by atoms with van der Waals surface area (Å²) in [5.74, 6) is 0. The second-order valence-electron chi connectivity index (χ2n) is 13.6. The number of rotatable bonds is 3. The van der Waals surface area contributed by atoms with Crippen molar-refractivity contribution in [3.8, 4) is 11.1 Å². The molecule has 1 aromatic heterocycles. The van der Waals surface area contributed by atoms with E-state index < -0.39 is 0 Å². The Kier molecular flexibility index (Phi) is 14.2. The van der Waals surface area contributed by atoms with Crippen LogP contribution >= 0.6 is 36.2 Å². The molecule has 4 aromatic carbocycles. The molecule has 2 aliphatic carbocycles. The molecule has 240 valence electrons. The molecule has 4 heteroatoms. The van der Waals surface area contributed by atoms with Crippen LogP contribution in [0.2, 0.25) is 0 Å². The van der Waals surface area contributed by atoms with Gasteiger partial charge in [-0.25, -0.2) is 0 Å². The van der Waals surface area contributed by atoms with Gasteiger partial charge in [-0.3, -0.25) is 0 Å². The number of hydrogen-bond donors (Lipinski definition) is 0. The molecule has 0 aliphatic heterocycles. The summed E-state index contributed by atoms with van der Waals surface area (Å²) in [6.07, 6.45) is 9.53. The zero-order valence-corrected chi connectivity index (χ0v) is 33.1. The molecule has 0 N–H and O–H groups in total. The van der Waals surface area contributed by atoms with E-state index in [-0.39, 0.29) is 35.6 Å². The van der Waals surface area contributed by atoms with Crippen molar-refractivity contribution in [2.45, 2.75) is 65.2 Å². The van der Waals surface area contributed by atoms with Crippen LogP contribution in [0, 0.1) is 12.1 Å². The fourth-order valence-electron chi connectivity index (χ4n) is 5.42. The predicted molar refractivity (Wildman–Crippen MR) is 206 cm³/mol. The first-order valence-electron chi connectivity index (χ1n) is 15.7. The molecule has 0 saturated heterocycles. The minimum atomic E-state index is 0. The third-order valence-corrected chi connectivity index (χ3v) is 10.2. The molecule has 0 nitrogen and oxygen atoms in total. The monoisotopic (exact) mass is 752 g/mol. The van der Waals surface area contributed by atoms with Crippen molar-refractivity contribution in [1.29, 1.82) is 0 Å². The van der Waals surface area contributed by atoms with E-state index in [1.165, 1.54) is 83.1 Å². The van der Waals surface area contributed by atoms with E-state index in [1.54, 1.807) is 11.3 Å². The molecule has 0 spiro atoms. The summed E-state index contributed by atoms with van der Waals surface area (Å²) >= 11 is 3.19. The third-order valence-electron chi connectivity index (χ3n) is 8.12. The van der Waals surface area contributed by atoms with Crippen LogP contribution in [-0.4, -0.2) is 3.21 Å². The molecule has 1 heterocycles. The average molecular weight is 755 g/mol. The standard InChI is InChI=1S/C21H25.C13H10.C9H7S.2ClH.Zr/c1-20(2,3)16-7-9-18-14(12-16)11-15-13-17(21(4,5)6)8-10-19(15)18;1-3-7-12(8-4-1)11-13-9-5-2-6-10-13;1-2-4-8(3-1)9-5-6-10-7-9;;;/h7-10,12H,11H2,1-6H3;1-10H;1,3,5-7H,2H2;2*1H;/q-1;;-1;;;+2. The Morgan fingerprint density at radius 3 is 1.85 bits per heavy atom. The van der Waals surface area contributed by atoms with Crippen LogP contribution in [0.15, 0.2) is 120 Å². The first-order valence-corrected chi connectivity index (χ1v) is 17.9. The molecule has 0 fully saturated rings. The molecule has 0 radical (unpaired) electrons. The number of fused-ring (bicyclic) bond motifs is 3. The second kappa shape index (κ2) is 17.2. The normalized spacial score (nSPS) is 12.6. The zero-order chi connectivity index (χ0) is 32.0. The fourth-order valence-corrected chi connectivity index (χ4v) is 6.90. The van der Waals surface area contributed by atoms with Gasteiger partial charge in [-0.05, 0) is 33.8 Å². The van der Waals surface area contributed by atoms with E-state index in [0.717, 1.165) is 12.8 Å². The van der Waals surface area contributed by atoms with Crippen molar-refractivity contribution in [3.05, 3.63) is 171 Å². The van der Waals surface area contributed by atoms with Crippen molar-refractivity contribution >= 4 is 44.9 Å². The summed E-state index contributed by atoms with van der Waals surface area (Å²) < 4.78 is 1.42. The van der Waals surface area contributed by atoms with Crippen LogP contribution in [0.25, 0.3) is 16.7 Å². The molecule has 7 rings (SSSR count). The topological polar surface area (TPSA) is 0 Å². The van der Waals surface area contributed by atoms with E-state index in [9.17, 15) is 0 Å². The van der Waals surface area contributed by atoms with Crippen LogP contribution in [0.3, 0.4) is 0 Å². The van der Waals surface area contributed by atoms with Crippen molar-refractivity contribution in [1.82, 2.24) is 0 Å². The number of benzene rings is 4. The van der Waals surface area contributed by atoms with E-state index in [1.807, 2.05) is 0 Å². The molecule has 5 aromatic rings. The van der Waals surface area contributed by atoms with E-state index in [4.69, 9.17) is 0 Å². The van der Waals surface area contributed by atoms with E-state index in [2.05, 4.69) is 174 Å². The number of halogens is 2. The van der Waals surface area contributed by atoms with Gasteiger partial charge in [0.05, 0.1) is 0 Å². The Morgan fingerprint density at radius 1 is 0.723 bits per heavy atom. The predicted octanol–water partition coefficient (Wildman–Crippen LogP) is 12.2. The Hall–Kier alpha value is -2.61. The van der Waals surface area contributed by atoms with Gasteiger partial charge in [0, 0.05) is 0 Å². The van der Waals surface area contributed by atoms with Crippen LogP contribution in [-0.2, 0) is 41.5 Å². The van der Waals surface area contributed by atoms with Crippen LogP contribution < -0.4 is 0 Å². The Morgan fingerprint density at radius 2 is 1.34 bits per heavy atom. The van der Waals surface area contributed by atoms with Crippen LogP contribution in [0.1, 0.15) is 86.9 Å². The molecule has 0 saturated carbocycles. The maximum absolute atomic E-state index is 3.67. The van der Waals surface area contributed by atoms with Crippen molar-refractivity contribution in [2.24, 2.45) is 0 Å². The molecular formula is C43H44Cl2SZr. The van der Waals surface area contributed by atoms with Gasteiger partial charge >= 0.3 is 99.2 Å². The molecular weight excluding hydrogens is 711 g/mol. The van der Waals surface area contributed by atoms with E-state index >= 15 is 0 Å². The first kappa shape index (κ1) is 38.8. The van der Waals surface area contributed by atoms with Gasteiger partial charge in [-0.1, -0.05) is 83.2 Å². The van der Waals surface area contributed by atoms with Crippen molar-refractivity contribution in [3.63, 3.8) is 0 Å². The third kappa shape index (κ3) is 10.2. The summed E-state index contributed by atoms with van der Waals surface area (Å²) in [5.41, 5.74) is 13.9. The van der Waals surface area contributed by atoms with Gasteiger partial charge in [0.1, 0.15) is 0 Å². The molecule has 0 bridgehead atoms. The van der Waals surface area contributed by atoms with Crippen LogP contribution in [0.4, 0.5) is 0 Å². The maximum atomic E-state index is 3.67.